The summed E-state index contributed by atoms with van der Waals surface area (Å²) in [5.41, 5.74) is 3.57. The Bertz CT molecular complexity index is 1010. The summed E-state index contributed by atoms with van der Waals surface area (Å²) in [6.07, 6.45) is 2.42. The summed E-state index contributed by atoms with van der Waals surface area (Å²) in [4.78, 5) is 35.0. The number of amides is 1. The Labute approximate surface area is 194 Å². The Morgan fingerprint density at radius 2 is 1.78 bits per heavy atom. The molecule has 3 aliphatic rings. The second-order valence-electron chi connectivity index (χ2n) is 9.57. The molecule has 1 saturated heterocycles. The lowest BCUT2D eigenvalue weighted by atomic mass is 9.93. The Kier molecular flexibility index (Phi) is 6.21. The third-order valence-corrected chi connectivity index (χ3v) is 6.69. The lowest BCUT2D eigenvalue weighted by Crippen LogP contribution is -2.39. The fourth-order valence-corrected chi connectivity index (χ4v) is 5.23. The lowest BCUT2D eigenvalue weighted by Gasteiger charge is -2.37. The van der Waals surface area contributed by atoms with Gasteiger partial charge in [-0.15, -0.1) is 0 Å². The summed E-state index contributed by atoms with van der Waals surface area (Å²) in [6.45, 7) is 11.1. The number of benzene rings is 1. The Morgan fingerprint density at radius 3 is 2.41 bits per heavy atom. The molecular weight excluding hydrogens is 422 g/mol. The van der Waals surface area contributed by atoms with Crippen LogP contribution >= 0.6 is 11.8 Å². The van der Waals surface area contributed by atoms with E-state index in [0.717, 1.165) is 47.9 Å². The van der Waals surface area contributed by atoms with Crippen LogP contribution in [0, 0.1) is 6.92 Å². The van der Waals surface area contributed by atoms with E-state index in [1.807, 2.05) is 69.2 Å². The van der Waals surface area contributed by atoms with Crippen LogP contribution in [0.5, 0.6) is 0 Å². The molecule has 1 aromatic carbocycles. The van der Waals surface area contributed by atoms with Crippen LogP contribution in [0.3, 0.4) is 0 Å². The van der Waals surface area contributed by atoms with E-state index in [2.05, 4.69) is 4.90 Å². The number of carbonyl (C=O) groups is 2. The largest absolute Gasteiger partial charge is 0.456 e. The van der Waals surface area contributed by atoms with Crippen molar-refractivity contribution in [2.75, 3.05) is 13.1 Å². The van der Waals surface area contributed by atoms with Crippen LogP contribution < -0.4 is 0 Å². The highest BCUT2D eigenvalue weighted by molar-refractivity contribution is 8.16. The van der Waals surface area contributed by atoms with Crippen molar-refractivity contribution in [1.29, 1.82) is 0 Å². The van der Waals surface area contributed by atoms with Gasteiger partial charge in [0, 0.05) is 18.8 Å². The number of aliphatic imine (C=N–C) groups is 1. The van der Waals surface area contributed by atoms with Crippen molar-refractivity contribution in [2.24, 2.45) is 4.99 Å². The quantitative estimate of drug-likeness (QED) is 0.605. The molecule has 0 aromatic heterocycles. The summed E-state index contributed by atoms with van der Waals surface area (Å²) >= 11 is 1.51. The molecular formula is C25H31N3O3S. The minimum atomic E-state index is -0.615. The van der Waals surface area contributed by atoms with Crippen LogP contribution in [0.25, 0.3) is 0 Å². The Morgan fingerprint density at radius 1 is 1.12 bits per heavy atom. The van der Waals surface area contributed by atoms with Gasteiger partial charge in [-0.05, 0) is 58.4 Å². The fraction of sp³-hybridized carbons (Fsp3) is 0.480. The van der Waals surface area contributed by atoms with E-state index in [1.54, 1.807) is 0 Å². The number of hydrogen-bond donors (Lipinski definition) is 0. The van der Waals surface area contributed by atoms with Gasteiger partial charge in [-0.25, -0.2) is 9.79 Å². The first-order chi connectivity index (χ1) is 15.1. The summed E-state index contributed by atoms with van der Waals surface area (Å²) in [6, 6.07) is 7.80. The van der Waals surface area contributed by atoms with Crippen LogP contribution in [-0.2, 0) is 14.3 Å². The molecule has 1 fully saturated rings. The van der Waals surface area contributed by atoms with E-state index in [9.17, 15) is 9.59 Å². The molecule has 3 aliphatic heterocycles. The summed E-state index contributed by atoms with van der Waals surface area (Å²) < 4.78 is 5.78. The molecule has 3 heterocycles. The number of fused-ring (bicyclic) bond motifs is 1. The van der Waals surface area contributed by atoms with Crippen molar-refractivity contribution in [3.63, 3.8) is 0 Å². The monoisotopic (exact) mass is 453 g/mol. The highest BCUT2D eigenvalue weighted by Crippen LogP contribution is 2.45. The Hall–Kier alpha value is -2.54. The van der Waals surface area contributed by atoms with Gasteiger partial charge >= 0.3 is 5.97 Å². The maximum Gasteiger partial charge on any atom is 0.338 e. The highest BCUT2D eigenvalue weighted by atomic mass is 32.2. The van der Waals surface area contributed by atoms with E-state index >= 15 is 0 Å². The van der Waals surface area contributed by atoms with Crippen molar-refractivity contribution < 1.29 is 14.3 Å². The number of allylic oxidation sites excluding steroid dienone is 1. The predicted octanol–water partition coefficient (Wildman–Crippen LogP) is 4.92. The van der Waals surface area contributed by atoms with E-state index in [0.29, 0.717) is 17.7 Å². The first-order valence-electron chi connectivity index (χ1n) is 11.2. The van der Waals surface area contributed by atoms with Crippen LogP contribution in [-0.4, -0.2) is 45.5 Å². The molecule has 0 spiro atoms. The minimum Gasteiger partial charge on any atom is -0.456 e. The van der Waals surface area contributed by atoms with Gasteiger partial charge in [-0.2, -0.15) is 0 Å². The SMILES string of the molecule is CC1=C(C(=O)OC(C)(C)C)C(c2ccc(C)cc2)N2C(CC(=O)N3CCCC3)=CSC2=N1. The molecule has 0 bridgehead atoms. The molecule has 4 rings (SSSR count). The topological polar surface area (TPSA) is 62.2 Å². The summed E-state index contributed by atoms with van der Waals surface area (Å²) in [5.74, 6) is -0.242. The van der Waals surface area contributed by atoms with Crippen molar-refractivity contribution in [3.05, 3.63) is 57.8 Å². The van der Waals surface area contributed by atoms with Gasteiger partial charge in [0.2, 0.25) is 5.91 Å². The van der Waals surface area contributed by atoms with Crippen LogP contribution in [0.1, 0.15) is 64.1 Å². The molecule has 0 radical (unpaired) electrons. The maximum atomic E-state index is 13.3. The van der Waals surface area contributed by atoms with Crippen LogP contribution in [0.15, 0.2) is 51.6 Å². The van der Waals surface area contributed by atoms with Gasteiger partial charge in [0.25, 0.3) is 0 Å². The number of nitrogens with zero attached hydrogens (tertiary/aromatic N) is 3. The number of rotatable bonds is 4. The van der Waals surface area contributed by atoms with Crippen LogP contribution in [0.2, 0.25) is 0 Å². The number of amidine groups is 1. The minimum absolute atomic E-state index is 0.128. The molecule has 0 N–H and O–H groups in total. The smallest absolute Gasteiger partial charge is 0.338 e. The van der Waals surface area contributed by atoms with Crippen molar-refractivity contribution >= 4 is 28.8 Å². The first kappa shape index (κ1) is 22.6. The lowest BCUT2D eigenvalue weighted by molar-refractivity contribution is -0.150. The molecule has 7 heteroatoms. The standard InChI is InChI=1S/C25H31N3O3S/c1-16-8-10-18(11-9-16)22-21(23(30)31-25(3,4)5)17(2)26-24-28(22)19(15-32-24)14-20(29)27-12-6-7-13-27/h8-11,15,22H,6-7,12-14H2,1-5H3. The van der Waals surface area contributed by atoms with Gasteiger partial charge in [0.1, 0.15) is 5.60 Å². The van der Waals surface area contributed by atoms with E-state index in [4.69, 9.17) is 9.73 Å². The molecule has 32 heavy (non-hydrogen) atoms. The second kappa shape index (κ2) is 8.77. The second-order valence-corrected chi connectivity index (χ2v) is 10.4. The molecule has 0 saturated carbocycles. The third kappa shape index (κ3) is 4.63. The average molecular weight is 454 g/mol. The fourth-order valence-electron chi connectivity index (χ4n) is 4.26. The van der Waals surface area contributed by atoms with Gasteiger partial charge in [-0.1, -0.05) is 41.6 Å². The normalized spacial score (nSPS) is 20.8. The van der Waals surface area contributed by atoms with E-state index in [-0.39, 0.29) is 17.9 Å². The maximum absolute atomic E-state index is 13.3. The molecule has 1 unspecified atom stereocenters. The highest BCUT2D eigenvalue weighted by Gasteiger charge is 2.42. The van der Waals surface area contributed by atoms with Gasteiger partial charge in [0.05, 0.1) is 23.7 Å². The van der Waals surface area contributed by atoms with E-state index in [1.165, 1.54) is 11.8 Å². The molecule has 1 amide bonds. The molecule has 1 atom stereocenters. The van der Waals surface area contributed by atoms with Crippen molar-refractivity contribution in [3.8, 4) is 0 Å². The molecule has 1 aromatic rings. The zero-order valence-corrected chi connectivity index (χ0v) is 20.3. The molecule has 170 valence electrons. The molecule has 0 aliphatic carbocycles. The number of carbonyl (C=O) groups excluding carboxylic acids is 2. The van der Waals surface area contributed by atoms with Gasteiger partial charge < -0.3 is 14.5 Å². The number of aryl methyl sites for hydroxylation is 1. The predicted molar refractivity (Wildman–Crippen MR) is 128 cm³/mol. The van der Waals surface area contributed by atoms with E-state index < -0.39 is 5.60 Å². The average Bonchev–Trinajstić information content (AvgIpc) is 3.37. The number of likely N-dealkylation sites (tertiary alicyclic amines) is 1. The van der Waals surface area contributed by atoms with Crippen molar-refractivity contribution in [1.82, 2.24) is 9.80 Å². The van der Waals surface area contributed by atoms with Gasteiger partial charge in [-0.3, -0.25) is 4.79 Å². The number of thioether (sulfide) groups is 1. The van der Waals surface area contributed by atoms with Crippen molar-refractivity contribution in [2.45, 2.75) is 65.5 Å². The molecule has 6 nitrogen and oxygen atoms in total. The third-order valence-electron chi connectivity index (χ3n) is 5.80. The number of hydrogen-bond acceptors (Lipinski definition) is 6. The summed E-state index contributed by atoms with van der Waals surface area (Å²) in [5, 5.41) is 2.80. The van der Waals surface area contributed by atoms with Gasteiger partial charge in [0.15, 0.2) is 5.17 Å². The first-order valence-corrected chi connectivity index (χ1v) is 12.0. The zero-order valence-electron chi connectivity index (χ0n) is 19.5. The Balaban J connectivity index is 1.72. The number of esters is 1. The zero-order chi connectivity index (χ0) is 23.0. The number of ether oxygens (including phenoxy) is 1. The van der Waals surface area contributed by atoms with Crippen LogP contribution in [0.4, 0.5) is 0 Å². The summed E-state index contributed by atoms with van der Waals surface area (Å²) in [7, 11) is 0.